The molecule has 0 fully saturated rings. The SMILES string of the molecule is Cn1cc(C(=O)NCc2ccc(C(=O)O)cc2)cn1. The van der Waals surface area contributed by atoms with Crippen molar-refractivity contribution >= 4 is 11.9 Å². The van der Waals surface area contributed by atoms with Gasteiger partial charge in [-0.25, -0.2) is 4.79 Å². The number of carboxylic acids is 1. The first kappa shape index (κ1) is 12.8. The van der Waals surface area contributed by atoms with E-state index < -0.39 is 5.97 Å². The fraction of sp³-hybridized carbons (Fsp3) is 0.154. The zero-order chi connectivity index (χ0) is 13.8. The fourth-order valence-corrected chi connectivity index (χ4v) is 1.59. The number of rotatable bonds is 4. The maximum atomic E-state index is 11.7. The minimum atomic E-state index is -0.967. The van der Waals surface area contributed by atoms with Gasteiger partial charge in [0.05, 0.1) is 17.3 Å². The van der Waals surface area contributed by atoms with Gasteiger partial charge in [0.25, 0.3) is 5.91 Å². The molecule has 2 N–H and O–H groups in total. The third-order valence-corrected chi connectivity index (χ3v) is 2.62. The Bertz CT molecular complexity index is 602. The monoisotopic (exact) mass is 259 g/mol. The Kier molecular flexibility index (Phi) is 3.61. The summed E-state index contributed by atoms with van der Waals surface area (Å²) in [6.45, 7) is 0.341. The molecular formula is C13H13N3O3. The van der Waals surface area contributed by atoms with Crippen molar-refractivity contribution in [1.29, 1.82) is 0 Å². The van der Waals surface area contributed by atoms with E-state index >= 15 is 0 Å². The van der Waals surface area contributed by atoms with E-state index in [-0.39, 0.29) is 11.5 Å². The van der Waals surface area contributed by atoms with Crippen molar-refractivity contribution in [2.75, 3.05) is 0 Å². The lowest BCUT2D eigenvalue weighted by Gasteiger charge is -2.04. The minimum Gasteiger partial charge on any atom is -0.478 e. The average molecular weight is 259 g/mol. The van der Waals surface area contributed by atoms with E-state index in [0.717, 1.165) is 5.56 Å². The Labute approximate surface area is 109 Å². The summed E-state index contributed by atoms with van der Waals surface area (Å²) in [7, 11) is 1.74. The van der Waals surface area contributed by atoms with Crippen LogP contribution in [0.15, 0.2) is 36.7 Å². The molecule has 1 amide bonds. The van der Waals surface area contributed by atoms with Crippen molar-refractivity contribution in [2.45, 2.75) is 6.54 Å². The summed E-state index contributed by atoms with van der Waals surface area (Å²) >= 11 is 0. The van der Waals surface area contributed by atoms with Gasteiger partial charge in [0.15, 0.2) is 0 Å². The van der Waals surface area contributed by atoms with E-state index in [1.165, 1.54) is 18.3 Å². The number of amides is 1. The Hall–Kier alpha value is -2.63. The summed E-state index contributed by atoms with van der Waals surface area (Å²) in [5.41, 5.74) is 1.55. The largest absolute Gasteiger partial charge is 0.478 e. The highest BCUT2D eigenvalue weighted by molar-refractivity contribution is 5.93. The molecule has 0 unspecified atom stereocenters. The van der Waals surface area contributed by atoms with Crippen molar-refractivity contribution in [3.05, 3.63) is 53.3 Å². The topological polar surface area (TPSA) is 84.2 Å². The van der Waals surface area contributed by atoms with Crippen molar-refractivity contribution in [3.63, 3.8) is 0 Å². The number of nitrogens with zero attached hydrogens (tertiary/aromatic N) is 2. The molecule has 1 heterocycles. The number of aromatic carboxylic acids is 1. The first-order valence-electron chi connectivity index (χ1n) is 5.65. The highest BCUT2D eigenvalue weighted by Gasteiger charge is 2.07. The molecule has 0 atom stereocenters. The molecule has 19 heavy (non-hydrogen) atoms. The van der Waals surface area contributed by atoms with Gasteiger partial charge in [-0.3, -0.25) is 9.48 Å². The van der Waals surface area contributed by atoms with E-state index in [1.807, 2.05) is 0 Å². The van der Waals surface area contributed by atoms with Crippen molar-refractivity contribution < 1.29 is 14.7 Å². The number of hydrogen-bond acceptors (Lipinski definition) is 3. The molecule has 6 nitrogen and oxygen atoms in total. The van der Waals surface area contributed by atoms with Crippen LogP contribution in [0.4, 0.5) is 0 Å². The predicted octanol–water partition coefficient (Wildman–Crippen LogP) is 1.05. The zero-order valence-electron chi connectivity index (χ0n) is 10.3. The second kappa shape index (κ2) is 5.34. The first-order chi connectivity index (χ1) is 9.06. The third kappa shape index (κ3) is 3.19. The number of carbonyl (C=O) groups excluding carboxylic acids is 1. The molecule has 6 heteroatoms. The molecule has 0 aliphatic carbocycles. The summed E-state index contributed by atoms with van der Waals surface area (Å²) in [5.74, 6) is -1.18. The summed E-state index contributed by atoms with van der Waals surface area (Å²) in [6, 6.07) is 6.36. The molecule has 2 rings (SSSR count). The molecule has 0 saturated carbocycles. The van der Waals surface area contributed by atoms with Crippen LogP contribution in [0, 0.1) is 0 Å². The molecule has 0 spiro atoms. The van der Waals surface area contributed by atoms with E-state index in [4.69, 9.17) is 5.11 Å². The highest BCUT2D eigenvalue weighted by atomic mass is 16.4. The Balaban J connectivity index is 1.95. The van der Waals surface area contributed by atoms with Gasteiger partial charge in [0, 0.05) is 19.8 Å². The summed E-state index contributed by atoms with van der Waals surface area (Å²) in [4.78, 5) is 22.4. The van der Waals surface area contributed by atoms with Gasteiger partial charge >= 0.3 is 5.97 Å². The number of benzene rings is 1. The van der Waals surface area contributed by atoms with Crippen molar-refractivity contribution in [2.24, 2.45) is 7.05 Å². The van der Waals surface area contributed by atoms with E-state index in [2.05, 4.69) is 10.4 Å². The smallest absolute Gasteiger partial charge is 0.335 e. The molecule has 0 aliphatic heterocycles. The van der Waals surface area contributed by atoms with Crippen LogP contribution in [-0.4, -0.2) is 26.8 Å². The van der Waals surface area contributed by atoms with Gasteiger partial charge in [0.1, 0.15) is 0 Å². The van der Waals surface area contributed by atoms with Crippen LogP contribution in [0.25, 0.3) is 0 Å². The number of hydrogen-bond donors (Lipinski definition) is 2. The lowest BCUT2D eigenvalue weighted by Crippen LogP contribution is -2.22. The lowest BCUT2D eigenvalue weighted by atomic mass is 10.1. The van der Waals surface area contributed by atoms with Crippen LogP contribution in [0.1, 0.15) is 26.3 Å². The highest BCUT2D eigenvalue weighted by Crippen LogP contribution is 2.05. The number of carbonyl (C=O) groups is 2. The quantitative estimate of drug-likeness (QED) is 0.859. The standard InChI is InChI=1S/C13H13N3O3/c1-16-8-11(7-15-16)12(17)14-6-9-2-4-10(5-3-9)13(18)19/h2-5,7-8H,6H2,1H3,(H,14,17)(H,18,19). The molecule has 0 radical (unpaired) electrons. The second-order valence-corrected chi connectivity index (χ2v) is 4.09. The summed E-state index contributed by atoms with van der Waals surface area (Å²) in [6.07, 6.45) is 3.12. The molecule has 2 aromatic rings. The summed E-state index contributed by atoms with van der Waals surface area (Å²) in [5, 5.41) is 15.4. The van der Waals surface area contributed by atoms with Gasteiger partial charge in [-0.05, 0) is 17.7 Å². The van der Waals surface area contributed by atoms with Gasteiger partial charge in [0.2, 0.25) is 0 Å². The van der Waals surface area contributed by atoms with E-state index in [1.54, 1.807) is 30.1 Å². The maximum absolute atomic E-state index is 11.7. The van der Waals surface area contributed by atoms with Gasteiger partial charge in [-0.1, -0.05) is 12.1 Å². The number of aryl methyl sites for hydroxylation is 1. The third-order valence-electron chi connectivity index (χ3n) is 2.62. The summed E-state index contributed by atoms with van der Waals surface area (Å²) < 4.78 is 1.55. The predicted molar refractivity (Wildman–Crippen MR) is 67.8 cm³/mol. The van der Waals surface area contributed by atoms with Gasteiger partial charge < -0.3 is 10.4 Å². The molecule has 1 aromatic carbocycles. The maximum Gasteiger partial charge on any atom is 0.335 e. The lowest BCUT2D eigenvalue weighted by molar-refractivity contribution is 0.0696. The second-order valence-electron chi connectivity index (χ2n) is 4.09. The normalized spacial score (nSPS) is 10.2. The Morgan fingerprint density at radius 3 is 2.47 bits per heavy atom. The van der Waals surface area contributed by atoms with Gasteiger partial charge in [-0.2, -0.15) is 5.10 Å². The Morgan fingerprint density at radius 1 is 1.26 bits per heavy atom. The molecular weight excluding hydrogens is 246 g/mol. The van der Waals surface area contributed by atoms with Crippen LogP contribution < -0.4 is 5.32 Å². The van der Waals surface area contributed by atoms with Gasteiger partial charge in [-0.15, -0.1) is 0 Å². The van der Waals surface area contributed by atoms with Crippen LogP contribution in [0.2, 0.25) is 0 Å². The number of aromatic nitrogens is 2. The van der Waals surface area contributed by atoms with Crippen LogP contribution >= 0.6 is 0 Å². The average Bonchev–Trinajstić information content (AvgIpc) is 2.83. The van der Waals surface area contributed by atoms with Crippen molar-refractivity contribution in [1.82, 2.24) is 15.1 Å². The van der Waals surface area contributed by atoms with Crippen LogP contribution in [0.3, 0.4) is 0 Å². The number of nitrogens with one attached hydrogen (secondary N) is 1. The van der Waals surface area contributed by atoms with Crippen LogP contribution in [-0.2, 0) is 13.6 Å². The molecule has 0 aliphatic rings. The van der Waals surface area contributed by atoms with E-state index in [9.17, 15) is 9.59 Å². The number of carboxylic acid groups (broad SMARTS) is 1. The van der Waals surface area contributed by atoms with E-state index in [0.29, 0.717) is 12.1 Å². The molecule has 0 bridgehead atoms. The minimum absolute atomic E-state index is 0.213. The first-order valence-corrected chi connectivity index (χ1v) is 5.65. The fourth-order valence-electron chi connectivity index (χ4n) is 1.59. The Morgan fingerprint density at radius 2 is 1.95 bits per heavy atom. The molecule has 0 saturated heterocycles. The molecule has 1 aromatic heterocycles. The zero-order valence-corrected chi connectivity index (χ0v) is 10.3. The molecule has 98 valence electrons. The van der Waals surface area contributed by atoms with Crippen LogP contribution in [0.5, 0.6) is 0 Å². The van der Waals surface area contributed by atoms with Crippen molar-refractivity contribution in [3.8, 4) is 0 Å².